The van der Waals surface area contributed by atoms with Gasteiger partial charge in [-0.1, -0.05) is 66.7 Å². The highest BCUT2D eigenvalue weighted by atomic mass is 16.1. The molecule has 1 fully saturated rings. The molecular weight excluding hydrogens is 282 g/mol. The summed E-state index contributed by atoms with van der Waals surface area (Å²) < 4.78 is 0. The Morgan fingerprint density at radius 3 is 2.30 bits per heavy atom. The lowest BCUT2D eigenvalue weighted by Crippen LogP contribution is -2.25. The summed E-state index contributed by atoms with van der Waals surface area (Å²) in [5.74, 6) is 0.901. The van der Waals surface area contributed by atoms with Gasteiger partial charge in [0.1, 0.15) is 0 Å². The average molecular weight is 303 g/mol. The molecule has 0 unspecified atom stereocenters. The van der Waals surface area contributed by atoms with Gasteiger partial charge in [0.15, 0.2) is 5.78 Å². The minimum atomic E-state index is 0.168. The molecule has 2 heteroatoms. The molecule has 0 radical (unpaired) electrons. The van der Waals surface area contributed by atoms with Crippen molar-refractivity contribution in [1.82, 2.24) is 4.90 Å². The zero-order valence-electron chi connectivity index (χ0n) is 13.2. The third-order valence-corrected chi connectivity index (χ3v) is 5.07. The molecule has 2 aromatic rings. The maximum absolute atomic E-state index is 12.7. The number of nitrogens with zero attached hydrogens (tertiary/aromatic N) is 1. The van der Waals surface area contributed by atoms with E-state index in [1.54, 1.807) is 0 Å². The number of hydrogen-bond acceptors (Lipinski definition) is 2. The second-order valence-corrected chi connectivity index (χ2v) is 6.58. The van der Waals surface area contributed by atoms with Gasteiger partial charge in [-0.3, -0.25) is 4.79 Å². The van der Waals surface area contributed by atoms with Crippen molar-refractivity contribution in [2.45, 2.75) is 6.42 Å². The highest BCUT2D eigenvalue weighted by molar-refractivity contribution is 6.24. The van der Waals surface area contributed by atoms with Gasteiger partial charge in [-0.25, -0.2) is 0 Å². The van der Waals surface area contributed by atoms with Crippen molar-refractivity contribution < 1.29 is 4.79 Å². The van der Waals surface area contributed by atoms with Crippen LogP contribution < -0.4 is 0 Å². The fourth-order valence-corrected chi connectivity index (χ4v) is 3.83. The van der Waals surface area contributed by atoms with Gasteiger partial charge in [0.05, 0.1) is 0 Å². The lowest BCUT2D eigenvalue weighted by Gasteiger charge is -2.16. The van der Waals surface area contributed by atoms with Crippen LogP contribution in [0.4, 0.5) is 0 Å². The predicted molar refractivity (Wildman–Crippen MR) is 93.0 cm³/mol. The van der Waals surface area contributed by atoms with Crippen LogP contribution in [0.1, 0.15) is 11.1 Å². The summed E-state index contributed by atoms with van der Waals surface area (Å²) in [4.78, 5) is 15.2. The Morgan fingerprint density at radius 2 is 1.61 bits per heavy atom. The van der Waals surface area contributed by atoms with E-state index in [1.165, 1.54) is 5.56 Å². The Balaban J connectivity index is 1.42. The van der Waals surface area contributed by atoms with Crippen LogP contribution in [0.15, 0.2) is 66.7 Å². The summed E-state index contributed by atoms with van der Waals surface area (Å²) in [7, 11) is 0. The SMILES string of the molecule is O=C1C(c2ccccc2)=C[C@H]2CN(CCc3ccccc3)C[C@@H]12. The number of hydrogen-bond donors (Lipinski definition) is 0. The van der Waals surface area contributed by atoms with E-state index in [1.807, 2.05) is 30.3 Å². The maximum atomic E-state index is 12.7. The highest BCUT2D eigenvalue weighted by Gasteiger charge is 2.42. The number of Topliss-reactive ketones (excluding diaryl/α,β-unsaturated/α-hetero) is 1. The van der Waals surface area contributed by atoms with Gasteiger partial charge in [-0.05, 0) is 17.5 Å². The largest absolute Gasteiger partial charge is 0.302 e. The van der Waals surface area contributed by atoms with Gasteiger partial charge in [-0.15, -0.1) is 0 Å². The molecule has 1 aliphatic carbocycles. The molecule has 0 aromatic heterocycles. The van der Waals surface area contributed by atoms with E-state index < -0.39 is 0 Å². The second-order valence-electron chi connectivity index (χ2n) is 6.58. The molecule has 0 saturated carbocycles. The summed E-state index contributed by atoms with van der Waals surface area (Å²) in [5.41, 5.74) is 3.38. The molecule has 4 rings (SSSR count). The third kappa shape index (κ3) is 2.87. The molecule has 23 heavy (non-hydrogen) atoms. The van der Waals surface area contributed by atoms with E-state index >= 15 is 0 Å². The molecule has 0 spiro atoms. The van der Waals surface area contributed by atoms with Crippen molar-refractivity contribution >= 4 is 11.4 Å². The van der Waals surface area contributed by atoms with E-state index in [0.29, 0.717) is 11.7 Å². The summed E-state index contributed by atoms with van der Waals surface area (Å²) in [6.07, 6.45) is 3.27. The molecule has 2 aliphatic rings. The van der Waals surface area contributed by atoms with Crippen LogP contribution in [0.25, 0.3) is 5.57 Å². The predicted octanol–water partition coefficient (Wildman–Crippen LogP) is 3.44. The number of ketones is 1. The summed E-state index contributed by atoms with van der Waals surface area (Å²) in [6.45, 7) is 2.96. The van der Waals surface area contributed by atoms with Gasteiger partial charge in [0.25, 0.3) is 0 Å². The number of likely N-dealkylation sites (tertiary alicyclic amines) is 1. The number of allylic oxidation sites excluding steroid dienone is 1. The normalized spacial score (nSPS) is 23.8. The van der Waals surface area contributed by atoms with Crippen molar-refractivity contribution in [1.29, 1.82) is 0 Å². The topological polar surface area (TPSA) is 20.3 Å². The smallest absolute Gasteiger partial charge is 0.168 e. The zero-order chi connectivity index (χ0) is 15.6. The van der Waals surface area contributed by atoms with Crippen LogP contribution in [0.2, 0.25) is 0 Å². The fraction of sp³-hybridized carbons (Fsp3) is 0.286. The van der Waals surface area contributed by atoms with Gasteiger partial charge >= 0.3 is 0 Å². The number of rotatable bonds is 4. The summed E-state index contributed by atoms with van der Waals surface area (Å²) >= 11 is 0. The zero-order valence-corrected chi connectivity index (χ0v) is 13.2. The van der Waals surface area contributed by atoms with E-state index in [2.05, 4.69) is 41.3 Å². The Morgan fingerprint density at radius 1 is 0.913 bits per heavy atom. The first-order valence-corrected chi connectivity index (χ1v) is 8.39. The standard InChI is InChI=1S/C21H21NO/c23-21-19(17-9-5-2-6-10-17)13-18-14-22(15-20(18)21)12-11-16-7-3-1-4-8-16/h1-10,13,18,20H,11-12,14-15H2/t18-,20+/m0/s1. The van der Waals surface area contributed by atoms with Crippen LogP contribution in [-0.2, 0) is 11.2 Å². The first-order valence-electron chi connectivity index (χ1n) is 8.39. The van der Waals surface area contributed by atoms with Crippen molar-refractivity contribution in [3.8, 4) is 0 Å². The second kappa shape index (κ2) is 6.13. The molecule has 2 nitrogen and oxygen atoms in total. The van der Waals surface area contributed by atoms with Crippen LogP contribution in [0.3, 0.4) is 0 Å². The van der Waals surface area contributed by atoms with Gasteiger partial charge in [0.2, 0.25) is 0 Å². The monoisotopic (exact) mass is 303 g/mol. The number of benzene rings is 2. The number of carbonyl (C=O) groups excluding carboxylic acids is 1. The van der Waals surface area contributed by atoms with Gasteiger partial charge < -0.3 is 4.90 Å². The lowest BCUT2D eigenvalue weighted by molar-refractivity contribution is -0.116. The molecule has 1 saturated heterocycles. The van der Waals surface area contributed by atoms with Gasteiger partial charge in [-0.2, -0.15) is 0 Å². The van der Waals surface area contributed by atoms with Crippen LogP contribution in [-0.4, -0.2) is 30.3 Å². The summed E-state index contributed by atoms with van der Waals surface area (Å²) in [6, 6.07) is 20.7. The van der Waals surface area contributed by atoms with E-state index in [9.17, 15) is 4.79 Å². The van der Waals surface area contributed by atoms with E-state index in [4.69, 9.17) is 0 Å². The molecular formula is C21H21NO. The molecule has 2 atom stereocenters. The fourth-order valence-electron chi connectivity index (χ4n) is 3.83. The quantitative estimate of drug-likeness (QED) is 0.862. The Hall–Kier alpha value is -2.19. The van der Waals surface area contributed by atoms with Crippen LogP contribution >= 0.6 is 0 Å². The maximum Gasteiger partial charge on any atom is 0.168 e. The van der Waals surface area contributed by atoms with Crippen molar-refractivity contribution in [2.75, 3.05) is 19.6 Å². The first-order chi connectivity index (χ1) is 11.3. The molecule has 0 amide bonds. The average Bonchev–Trinajstić information content (AvgIpc) is 3.14. The Labute approximate surface area is 137 Å². The number of fused-ring (bicyclic) bond motifs is 1. The Kier molecular flexibility index (Phi) is 3.84. The lowest BCUT2D eigenvalue weighted by atomic mass is 9.97. The minimum Gasteiger partial charge on any atom is -0.302 e. The molecule has 0 bridgehead atoms. The molecule has 1 heterocycles. The molecule has 1 aliphatic heterocycles. The van der Waals surface area contributed by atoms with Crippen LogP contribution in [0.5, 0.6) is 0 Å². The summed E-state index contributed by atoms with van der Waals surface area (Å²) in [5, 5.41) is 0. The van der Waals surface area contributed by atoms with Crippen molar-refractivity contribution in [2.24, 2.45) is 11.8 Å². The number of carbonyl (C=O) groups is 1. The third-order valence-electron chi connectivity index (χ3n) is 5.07. The van der Waals surface area contributed by atoms with Crippen LogP contribution in [0, 0.1) is 11.8 Å². The molecule has 116 valence electrons. The van der Waals surface area contributed by atoms with Gasteiger partial charge in [0, 0.05) is 37.0 Å². The Bertz CT molecular complexity index is 720. The molecule has 0 N–H and O–H groups in total. The van der Waals surface area contributed by atoms with E-state index in [0.717, 1.165) is 37.2 Å². The first kappa shape index (κ1) is 14.4. The van der Waals surface area contributed by atoms with Crippen molar-refractivity contribution in [3.05, 3.63) is 77.9 Å². The molecule has 2 aromatic carbocycles. The minimum absolute atomic E-state index is 0.168. The highest BCUT2D eigenvalue weighted by Crippen LogP contribution is 2.38. The van der Waals surface area contributed by atoms with Crippen molar-refractivity contribution in [3.63, 3.8) is 0 Å². The van der Waals surface area contributed by atoms with E-state index in [-0.39, 0.29) is 5.92 Å².